The van der Waals surface area contributed by atoms with Gasteiger partial charge in [0.05, 0.1) is 12.5 Å². The van der Waals surface area contributed by atoms with Crippen LogP contribution in [0.5, 0.6) is 0 Å². The van der Waals surface area contributed by atoms with Crippen LogP contribution >= 0.6 is 0 Å². The average Bonchev–Trinajstić information content (AvgIpc) is 3.16. The van der Waals surface area contributed by atoms with Crippen LogP contribution in [0, 0.1) is 5.92 Å². The number of carbonyl (C=O) groups is 2. The first-order valence-corrected chi connectivity index (χ1v) is 14.6. The Morgan fingerprint density at radius 1 is 1.24 bits per heavy atom. The van der Waals surface area contributed by atoms with E-state index in [9.17, 15) is 19.8 Å². The topological polar surface area (TPSA) is 112 Å². The van der Waals surface area contributed by atoms with Crippen molar-refractivity contribution in [1.82, 2.24) is 14.8 Å². The Balaban J connectivity index is 1.81. The van der Waals surface area contributed by atoms with Crippen LogP contribution < -0.4 is 0 Å². The molecule has 9 heteroatoms. The quantitative estimate of drug-likeness (QED) is 0.308. The van der Waals surface area contributed by atoms with Gasteiger partial charge in [0.2, 0.25) is 0 Å². The van der Waals surface area contributed by atoms with Crippen molar-refractivity contribution in [3.63, 3.8) is 0 Å². The molecule has 1 aromatic rings. The Bertz CT molecular complexity index is 1090. The second-order valence-electron chi connectivity index (χ2n) is 11.7. The number of cyclic esters (lactones) is 1. The van der Waals surface area contributed by atoms with Crippen molar-refractivity contribution in [2.24, 2.45) is 5.92 Å². The van der Waals surface area contributed by atoms with E-state index in [0.717, 1.165) is 30.8 Å². The van der Waals surface area contributed by atoms with E-state index in [1.165, 1.54) is 0 Å². The van der Waals surface area contributed by atoms with E-state index in [1.54, 1.807) is 24.1 Å². The first-order valence-electron chi connectivity index (χ1n) is 14.6. The van der Waals surface area contributed by atoms with Gasteiger partial charge < -0.3 is 29.5 Å². The minimum atomic E-state index is -1.44. The number of pyridine rings is 1. The largest absolute Gasteiger partial charge is 0.457 e. The number of allylic oxidation sites excluding steroid dienone is 3. The number of aliphatic hydroxyl groups excluding tert-OH is 1. The molecule has 1 saturated heterocycles. The van der Waals surface area contributed by atoms with Gasteiger partial charge in [-0.15, -0.1) is 0 Å². The fourth-order valence-electron chi connectivity index (χ4n) is 5.08. The minimum Gasteiger partial charge on any atom is -0.457 e. The van der Waals surface area contributed by atoms with Gasteiger partial charge >= 0.3 is 12.1 Å². The molecule has 6 atom stereocenters. The average molecular weight is 570 g/mol. The fourth-order valence-corrected chi connectivity index (χ4v) is 5.08. The van der Waals surface area contributed by atoms with Crippen LogP contribution in [0.15, 0.2) is 60.3 Å². The molecular formula is C32H47N3O6. The molecule has 0 aromatic carbocycles. The number of aromatic nitrogens is 1. The molecule has 0 bridgehead atoms. The summed E-state index contributed by atoms with van der Waals surface area (Å²) >= 11 is 0. The number of amides is 1. The molecular weight excluding hydrogens is 522 g/mol. The van der Waals surface area contributed by atoms with Crippen molar-refractivity contribution in [3.8, 4) is 0 Å². The molecule has 1 aromatic heterocycles. The van der Waals surface area contributed by atoms with E-state index in [4.69, 9.17) is 9.47 Å². The fraction of sp³-hybridized carbons (Fsp3) is 0.594. The predicted molar refractivity (Wildman–Crippen MR) is 158 cm³/mol. The van der Waals surface area contributed by atoms with E-state index < -0.39 is 36.0 Å². The predicted octanol–water partition coefficient (Wildman–Crippen LogP) is 4.23. The molecule has 2 aliphatic heterocycles. The number of nitrogens with zero attached hydrogens (tertiary/aromatic N) is 3. The number of ether oxygens (including phenoxy) is 2. The molecule has 41 heavy (non-hydrogen) atoms. The number of likely N-dealkylation sites (N-methyl/N-ethyl adjacent to an activating group) is 1. The van der Waals surface area contributed by atoms with Crippen LogP contribution in [0.4, 0.5) is 4.79 Å². The van der Waals surface area contributed by atoms with Gasteiger partial charge in [0.1, 0.15) is 11.7 Å². The highest BCUT2D eigenvalue weighted by Gasteiger charge is 2.36. The highest BCUT2D eigenvalue weighted by atomic mass is 16.6. The number of rotatable bonds is 5. The summed E-state index contributed by atoms with van der Waals surface area (Å²) in [6.07, 6.45) is 9.10. The number of hydrogen-bond acceptors (Lipinski definition) is 8. The molecule has 0 aliphatic carbocycles. The molecule has 2 aliphatic rings. The van der Waals surface area contributed by atoms with Crippen molar-refractivity contribution in [1.29, 1.82) is 0 Å². The van der Waals surface area contributed by atoms with E-state index in [1.807, 2.05) is 63.4 Å². The number of carbonyl (C=O) groups excluding carboxylic acids is 2. The monoisotopic (exact) mass is 569 g/mol. The number of esters is 1. The van der Waals surface area contributed by atoms with Crippen LogP contribution in [0.25, 0.3) is 0 Å². The first-order chi connectivity index (χ1) is 19.5. The first kappa shape index (κ1) is 32.5. The third-order valence-electron chi connectivity index (χ3n) is 7.89. The van der Waals surface area contributed by atoms with Gasteiger partial charge in [0.15, 0.2) is 6.10 Å². The second kappa shape index (κ2) is 15.3. The highest BCUT2D eigenvalue weighted by Crippen LogP contribution is 2.27. The van der Waals surface area contributed by atoms with E-state index >= 15 is 0 Å². The molecule has 0 radical (unpaired) electrons. The highest BCUT2D eigenvalue weighted by molar-refractivity contribution is 5.70. The minimum absolute atomic E-state index is 0.105. The lowest BCUT2D eigenvalue weighted by Gasteiger charge is -2.34. The molecule has 3 heterocycles. The van der Waals surface area contributed by atoms with Crippen LogP contribution in [0.2, 0.25) is 0 Å². The molecule has 0 saturated carbocycles. The summed E-state index contributed by atoms with van der Waals surface area (Å²) < 4.78 is 11.7. The lowest BCUT2D eigenvalue weighted by Crippen LogP contribution is -2.45. The molecule has 0 spiro atoms. The van der Waals surface area contributed by atoms with Gasteiger partial charge in [0, 0.05) is 43.4 Å². The van der Waals surface area contributed by atoms with Gasteiger partial charge in [0.25, 0.3) is 0 Å². The zero-order valence-corrected chi connectivity index (χ0v) is 25.1. The Morgan fingerprint density at radius 2 is 2.02 bits per heavy atom. The summed E-state index contributed by atoms with van der Waals surface area (Å²) in [5, 5.41) is 21.9. The summed E-state index contributed by atoms with van der Waals surface area (Å²) in [5.41, 5.74) is 0.335. The summed E-state index contributed by atoms with van der Waals surface area (Å²) in [5.74, 6) is -0.693. The van der Waals surface area contributed by atoms with Crippen LogP contribution in [0.3, 0.4) is 0 Å². The maximum absolute atomic E-state index is 13.1. The Morgan fingerprint density at radius 3 is 2.76 bits per heavy atom. The SMILES string of the molecule is C/C(=C\C=C\[C@H](C)c1ccccn1)[C@H]1OC(=O)C[C@@H](O)CC[C@](C)(O)[C@@H](OC(=O)N2CCCN(C)CC2)/C=C/[C@@H]1C. The smallest absolute Gasteiger partial charge is 0.410 e. The molecule has 1 fully saturated rings. The summed E-state index contributed by atoms with van der Waals surface area (Å²) in [7, 11) is 2.03. The molecule has 226 valence electrons. The summed E-state index contributed by atoms with van der Waals surface area (Å²) in [4.78, 5) is 34.1. The standard InChI is InChI=1S/C32H47N3O6/c1-23(27-12-6-7-17-33-27)10-8-11-24(2)30-25(3)13-14-28(32(4,39)16-15-26(36)22-29(37)41-30)40-31(38)35-19-9-18-34(5)20-21-35/h6-8,10-14,17,23,25-26,28,30,36,39H,9,15-16,18-22H2,1-5H3/b10-8+,14-13+,24-11+/t23-,25-,26-,28-,30+,32-/m0/s1. The van der Waals surface area contributed by atoms with Crippen LogP contribution in [0.1, 0.15) is 65.0 Å². The Labute approximate surface area is 244 Å². The lowest BCUT2D eigenvalue weighted by molar-refractivity contribution is -0.151. The summed E-state index contributed by atoms with van der Waals surface area (Å²) in [6.45, 7) is 10.3. The second-order valence-corrected chi connectivity index (χ2v) is 11.7. The zero-order valence-electron chi connectivity index (χ0n) is 25.1. The van der Waals surface area contributed by atoms with Crippen molar-refractivity contribution >= 4 is 12.1 Å². The van der Waals surface area contributed by atoms with Gasteiger partial charge in [-0.25, -0.2) is 4.79 Å². The lowest BCUT2D eigenvalue weighted by atomic mass is 9.88. The zero-order chi connectivity index (χ0) is 30.0. The Hall–Kier alpha value is -3.01. The molecule has 1 amide bonds. The van der Waals surface area contributed by atoms with E-state index in [2.05, 4.69) is 16.8 Å². The van der Waals surface area contributed by atoms with Crippen LogP contribution in [-0.2, 0) is 14.3 Å². The van der Waals surface area contributed by atoms with Crippen LogP contribution in [-0.4, -0.2) is 94.2 Å². The van der Waals surface area contributed by atoms with E-state index in [0.29, 0.717) is 13.1 Å². The van der Waals surface area contributed by atoms with Crippen molar-refractivity contribution in [2.75, 3.05) is 33.2 Å². The van der Waals surface area contributed by atoms with Gasteiger partial charge in [-0.1, -0.05) is 44.2 Å². The molecule has 9 nitrogen and oxygen atoms in total. The maximum Gasteiger partial charge on any atom is 0.410 e. The van der Waals surface area contributed by atoms with Gasteiger partial charge in [-0.2, -0.15) is 0 Å². The summed E-state index contributed by atoms with van der Waals surface area (Å²) in [6, 6.07) is 5.81. The van der Waals surface area contributed by atoms with Crippen molar-refractivity contribution in [2.45, 2.75) is 83.2 Å². The van der Waals surface area contributed by atoms with E-state index in [-0.39, 0.29) is 31.1 Å². The van der Waals surface area contributed by atoms with Crippen molar-refractivity contribution < 1.29 is 29.3 Å². The molecule has 2 N–H and O–H groups in total. The molecule has 3 rings (SSSR count). The normalized spacial score (nSPS) is 31.0. The maximum atomic E-state index is 13.1. The number of hydrogen-bond donors (Lipinski definition) is 2. The Kier molecular flexibility index (Phi) is 12.1. The third kappa shape index (κ3) is 10.1. The van der Waals surface area contributed by atoms with Gasteiger partial charge in [-0.3, -0.25) is 9.78 Å². The number of aliphatic hydroxyl groups is 2. The van der Waals surface area contributed by atoms with Gasteiger partial charge in [-0.05, 0) is 70.5 Å². The molecule has 0 unspecified atom stereocenters. The third-order valence-corrected chi connectivity index (χ3v) is 7.89. The van der Waals surface area contributed by atoms with Crippen molar-refractivity contribution in [3.05, 3.63) is 66.0 Å².